The Labute approximate surface area is 119 Å². The summed E-state index contributed by atoms with van der Waals surface area (Å²) in [5.74, 6) is 5.31. The Kier molecular flexibility index (Phi) is 4.92. The lowest BCUT2D eigenvalue weighted by molar-refractivity contribution is 0.260. The van der Waals surface area contributed by atoms with Crippen LogP contribution in [0.2, 0.25) is 0 Å². The van der Waals surface area contributed by atoms with Crippen molar-refractivity contribution in [2.24, 2.45) is 5.84 Å². The molecule has 112 valence electrons. The van der Waals surface area contributed by atoms with Crippen molar-refractivity contribution < 1.29 is 8.42 Å². The third kappa shape index (κ3) is 3.45. The van der Waals surface area contributed by atoms with Gasteiger partial charge in [-0.1, -0.05) is 0 Å². The van der Waals surface area contributed by atoms with Gasteiger partial charge in [-0.2, -0.15) is 0 Å². The predicted molar refractivity (Wildman–Crippen MR) is 77.5 cm³/mol. The maximum absolute atomic E-state index is 12.2. The molecule has 0 aliphatic carbocycles. The lowest BCUT2D eigenvalue weighted by Crippen LogP contribution is -2.41. The minimum absolute atomic E-state index is 0.0730. The summed E-state index contributed by atoms with van der Waals surface area (Å²) in [5.41, 5.74) is 2.64. The highest BCUT2D eigenvalue weighted by atomic mass is 32.2. The van der Waals surface area contributed by atoms with Crippen LogP contribution >= 0.6 is 0 Å². The van der Waals surface area contributed by atoms with Gasteiger partial charge >= 0.3 is 0 Å². The molecular formula is C12H21N5O2S. The molecule has 2 rings (SSSR count). The highest BCUT2D eigenvalue weighted by Gasteiger charge is 2.23. The maximum Gasteiger partial charge on any atom is 0.260 e. The van der Waals surface area contributed by atoms with E-state index in [9.17, 15) is 8.42 Å². The number of hydrogen-bond acceptors (Lipinski definition) is 6. The van der Waals surface area contributed by atoms with Gasteiger partial charge < -0.3 is 5.43 Å². The summed E-state index contributed by atoms with van der Waals surface area (Å²) in [7, 11) is -3.66. The van der Waals surface area contributed by atoms with Crippen LogP contribution < -0.4 is 16.0 Å². The molecule has 8 heteroatoms. The molecule has 1 aliphatic heterocycles. The molecule has 1 aromatic heterocycles. The number of pyridine rings is 1. The number of sulfonamides is 1. The van der Waals surface area contributed by atoms with E-state index in [-0.39, 0.29) is 16.8 Å². The van der Waals surface area contributed by atoms with Gasteiger partial charge in [0.25, 0.3) is 10.0 Å². The van der Waals surface area contributed by atoms with Crippen LogP contribution in [0, 0.1) is 0 Å². The Balaban J connectivity index is 2.03. The Hall–Kier alpha value is -1.22. The smallest absolute Gasteiger partial charge is 0.260 e. The number of aromatic nitrogens is 1. The number of hydrazine groups is 1. The van der Waals surface area contributed by atoms with E-state index in [4.69, 9.17) is 5.84 Å². The predicted octanol–water partition coefficient (Wildman–Crippen LogP) is 0.130. The molecule has 1 fully saturated rings. The minimum atomic E-state index is -3.66. The molecule has 7 nitrogen and oxygen atoms in total. The number of likely N-dealkylation sites (tertiary alicyclic amines) is 1. The van der Waals surface area contributed by atoms with Gasteiger partial charge in [0.05, 0.1) is 5.69 Å². The van der Waals surface area contributed by atoms with E-state index < -0.39 is 10.0 Å². The van der Waals surface area contributed by atoms with Crippen molar-refractivity contribution in [3.63, 3.8) is 0 Å². The summed E-state index contributed by atoms with van der Waals surface area (Å²) in [4.78, 5) is 6.17. The second kappa shape index (κ2) is 6.49. The third-order valence-electron chi connectivity index (χ3n) is 3.51. The second-order valence-corrected chi connectivity index (χ2v) is 6.63. The molecule has 1 aromatic rings. The first-order valence-corrected chi connectivity index (χ1v) is 8.18. The van der Waals surface area contributed by atoms with E-state index in [1.165, 1.54) is 19.0 Å². The molecular weight excluding hydrogens is 278 g/mol. The topological polar surface area (TPSA) is 100 Å². The monoisotopic (exact) mass is 299 g/mol. The van der Waals surface area contributed by atoms with Crippen molar-refractivity contribution in [2.75, 3.05) is 25.1 Å². The van der Waals surface area contributed by atoms with Crippen molar-refractivity contribution >= 4 is 15.7 Å². The zero-order valence-electron chi connectivity index (χ0n) is 11.5. The molecule has 2 heterocycles. The van der Waals surface area contributed by atoms with Crippen LogP contribution in [-0.2, 0) is 10.0 Å². The van der Waals surface area contributed by atoms with Crippen LogP contribution in [0.25, 0.3) is 0 Å². The number of nitrogens with zero attached hydrogens (tertiary/aromatic N) is 2. The van der Waals surface area contributed by atoms with Crippen LogP contribution in [0.3, 0.4) is 0 Å². The fourth-order valence-corrected chi connectivity index (χ4v) is 3.54. The Morgan fingerprint density at radius 1 is 1.45 bits per heavy atom. The molecule has 0 spiro atoms. The van der Waals surface area contributed by atoms with E-state index in [1.54, 1.807) is 12.1 Å². The zero-order chi connectivity index (χ0) is 14.6. The van der Waals surface area contributed by atoms with Crippen LogP contribution in [0.4, 0.5) is 5.69 Å². The summed E-state index contributed by atoms with van der Waals surface area (Å²) in [6, 6.07) is 3.37. The van der Waals surface area contributed by atoms with E-state index in [2.05, 4.69) is 20.0 Å². The molecule has 0 bridgehead atoms. The molecule has 20 heavy (non-hydrogen) atoms. The maximum atomic E-state index is 12.2. The number of anilines is 1. The first kappa shape index (κ1) is 15.2. The van der Waals surface area contributed by atoms with E-state index >= 15 is 0 Å². The van der Waals surface area contributed by atoms with Gasteiger partial charge in [0.15, 0.2) is 5.03 Å². The fraction of sp³-hybridized carbons (Fsp3) is 0.583. The summed E-state index contributed by atoms with van der Waals surface area (Å²) >= 11 is 0. The molecule has 1 atom stereocenters. The van der Waals surface area contributed by atoms with Crippen molar-refractivity contribution in [3.05, 3.63) is 18.3 Å². The lowest BCUT2D eigenvalue weighted by Gasteiger charge is -2.23. The Morgan fingerprint density at radius 3 is 2.80 bits per heavy atom. The number of nitrogen functional groups attached to an aromatic ring is 1. The normalized spacial score (nSPS) is 18.1. The largest absolute Gasteiger partial charge is 0.321 e. The zero-order valence-corrected chi connectivity index (χ0v) is 12.4. The summed E-state index contributed by atoms with van der Waals surface area (Å²) in [6.07, 6.45) is 3.79. The molecule has 1 saturated heterocycles. The molecule has 4 N–H and O–H groups in total. The average molecular weight is 299 g/mol. The second-order valence-electron chi connectivity index (χ2n) is 4.94. The molecule has 0 radical (unpaired) electrons. The first-order valence-electron chi connectivity index (χ1n) is 6.70. The molecule has 1 unspecified atom stereocenters. The van der Waals surface area contributed by atoms with Gasteiger partial charge in [0.2, 0.25) is 0 Å². The van der Waals surface area contributed by atoms with Gasteiger partial charge in [0.1, 0.15) is 0 Å². The van der Waals surface area contributed by atoms with Crippen molar-refractivity contribution in [2.45, 2.75) is 30.8 Å². The fourth-order valence-electron chi connectivity index (χ4n) is 2.32. The summed E-state index contributed by atoms with van der Waals surface area (Å²) < 4.78 is 27.1. The van der Waals surface area contributed by atoms with E-state index in [0.29, 0.717) is 6.54 Å². The Bertz CT molecular complexity index is 543. The standard InChI is InChI=1S/C12H21N5O2S/c1-10(17-7-2-3-8-17)9-15-20(18,19)12-11(16-13)5-4-6-14-12/h4-6,10,15-16H,2-3,7-9,13H2,1H3. The molecule has 1 aliphatic rings. The summed E-state index contributed by atoms with van der Waals surface area (Å²) in [5, 5.41) is -0.0730. The van der Waals surface area contributed by atoms with Gasteiger partial charge in [-0.15, -0.1) is 0 Å². The number of nitrogens with two attached hydrogens (primary N) is 1. The number of nitrogens with one attached hydrogen (secondary N) is 2. The van der Waals surface area contributed by atoms with Crippen LogP contribution in [0.15, 0.2) is 23.4 Å². The minimum Gasteiger partial charge on any atom is -0.321 e. The molecule has 0 saturated carbocycles. The van der Waals surface area contributed by atoms with Crippen LogP contribution in [0.5, 0.6) is 0 Å². The van der Waals surface area contributed by atoms with Gasteiger partial charge in [-0.05, 0) is 45.0 Å². The van der Waals surface area contributed by atoms with Crippen molar-refractivity contribution in [1.29, 1.82) is 0 Å². The first-order chi connectivity index (χ1) is 9.54. The number of rotatable bonds is 6. The number of hydrogen-bond donors (Lipinski definition) is 3. The highest BCUT2D eigenvalue weighted by Crippen LogP contribution is 2.17. The van der Waals surface area contributed by atoms with Gasteiger partial charge in [0, 0.05) is 18.8 Å². The van der Waals surface area contributed by atoms with E-state index in [1.807, 2.05) is 6.92 Å². The summed E-state index contributed by atoms with van der Waals surface area (Å²) in [6.45, 7) is 4.45. The lowest BCUT2D eigenvalue weighted by atomic mass is 10.3. The Morgan fingerprint density at radius 2 is 2.15 bits per heavy atom. The van der Waals surface area contributed by atoms with Crippen molar-refractivity contribution in [3.8, 4) is 0 Å². The van der Waals surface area contributed by atoms with E-state index in [0.717, 1.165) is 13.1 Å². The SMILES string of the molecule is CC(CNS(=O)(=O)c1ncccc1NN)N1CCCC1. The average Bonchev–Trinajstić information content (AvgIpc) is 2.99. The van der Waals surface area contributed by atoms with Gasteiger partial charge in [-0.25, -0.2) is 18.1 Å². The van der Waals surface area contributed by atoms with Crippen LogP contribution in [0.1, 0.15) is 19.8 Å². The highest BCUT2D eigenvalue weighted by molar-refractivity contribution is 7.89. The molecule has 0 amide bonds. The third-order valence-corrected chi connectivity index (χ3v) is 4.90. The quantitative estimate of drug-likeness (QED) is 0.510. The van der Waals surface area contributed by atoms with Crippen LogP contribution in [-0.4, -0.2) is 44.0 Å². The molecule has 0 aromatic carbocycles. The van der Waals surface area contributed by atoms with Gasteiger partial charge in [-0.3, -0.25) is 10.7 Å². The van der Waals surface area contributed by atoms with Crippen molar-refractivity contribution in [1.82, 2.24) is 14.6 Å².